The number of hydrogen-bond donors (Lipinski definition) is 1. The largest absolute Gasteiger partial charge is 0.508 e. The van der Waals surface area contributed by atoms with Crippen LogP contribution in [-0.2, 0) is 15.1 Å². The summed E-state index contributed by atoms with van der Waals surface area (Å²) in [6.07, 6.45) is 3.34. The van der Waals surface area contributed by atoms with Gasteiger partial charge in [0.15, 0.2) is 0 Å². The molecule has 0 bridgehead atoms. The molecule has 0 radical (unpaired) electrons. The van der Waals surface area contributed by atoms with Gasteiger partial charge in [0.05, 0.1) is 18.8 Å². The predicted octanol–water partition coefficient (Wildman–Crippen LogP) is 4.17. The fraction of sp³-hybridized carbons (Fsp3) is 0.632. The van der Waals surface area contributed by atoms with E-state index in [1.165, 1.54) is 0 Å². The van der Waals surface area contributed by atoms with Gasteiger partial charge in [-0.1, -0.05) is 26.0 Å². The maximum Gasteiger partial charge on any atom is 0.508 e. The van der Waals surface area contributed by atoms with Crippen molar-refractivity contribution in [3.63, 3.8) is 0 Å². The monoisotopic (exact) mass is 336 g/mol. The molecule has 134 valence electrons. The molecular weight excluding hydrogens is 308 g/mol. The van der Waals surface area contributed by atoms with Crippen LogP contribution < -0.4 is 4.74 Å². The van der Waals surface area contributed by atoms with Crippen LogP contribution in [0, 0.1) is 0 Å². The number of hydrogen-bond acceptors (Lipinski definition) is 5. The number of benzene rings is 1. The Morgan fingerprint density at radius 1 is 1.12 bits per heavy atom. The fourth-order valence-electron chi connectivity index (χ4n) is 2.91. The van der Waals surface area contributed by atoms with Crippen LogP contribution >= 0.6 is 0 Å². The molecule has 1 aromatic carbocycles. The van der Waals surface area contributed by atoms with Crippen molar-refractivity contribution < 1.29 is 24.1 Å². The zero-order chi connectivity index (χ0) is 17.4. The Labute approximate surface area is 143 Å². The summed E-state index contributed by atoms with van der Waals surface area (Å²) in [6.45, 7) is 5.07. The second-order valence-corrected chi connectivity index (χ2v) is 6.32. The Kier molecular flexibility index (Phi) is 6.91. The van der Waals surface area contributed by atoms with E-state index in [2.05, 4.69) is 6.92 Å². The van der Waals surface area contributed by atoms with Crippen molar-refractivity contribution in [3.05, 3.63) is 29.8 Å². The highest BCUT2D eigenvalue weighted by Crippen LogP contribution is 2.38. The van der Waals surface area contributed by atoms with Crippen LogP contribution in [0.5, 0.6) is 5.75 Å². The molecule has 0 unspecified atom stereocenters. The minimum Gasteiger partial charge on any atom is -0.494 e. The summed E-state index contributed by atoms with van der Waals surface area (Å²) in [6, 6.07) is 7.63. The molecular formula is C19H28O5. The van der Waals surface area contributed by atoms with Gasteiger partial charge in [-0.15, -0.1) is 0 Å². The summed E-state index contributed by atoms with van der Waals surface area (Å²) in [5.74, 6) is 0.819. The van der Waals surface area contributed by atoms with Crippen LogP contribution in [0.15, 0.2) is 24.3 Å². The van der Waals surface area contributed by atoms with Crippen molar-refractivity contribution in [2.45, 2.75) is 64.1 Å². The Bertz CT molecular complexity index is 503. The maximum atomic E-state index is 11.5. The molecule has 5 nitrogen and oxygen atoms in total. The summed E-state index contributed by atoms with van der Waals surface area (Å²) in [5, 5.41) is 10.9. The van der Waals surface area contributed by atoms with E-state index in [1.807, 2.05) is 31.2 Å². The zero-order valence-corrected chi connectivity index (χ0v) is 14.6. The molecule has 2 rings (SSSR count). The second-order valence-electron chi connectivity index (χ2n) is 6.32. The summed E-state index contributed by atoms with van der Waals surface area (Å²) in [7, 11) is 0. The summed E-state index contributed by atoms with van der Waals surface area (Å²) < 4.78 is 15.8. The molecule has 1 saturated carbocycles. The van der Waals surface area contributed by atoms with Gasteiger partial charge < -0.3 is 19.3 Å². The highest BCUT2D eigenvalue weighted by Gasteiger charge is 2.36. The first-order chi connectivity index (χ1) is 11.6. The van der Waals surface area contributed by atoms with Gasteiger partial charge in [-0.25, -0.2) is 4.79 Å². The number of carbonyl (C=O) groups excluding carboxylic acids is 1. The lowest BCUT2D eigenvalue weighted by Gasteiger charge is -2.36. The number of aliphatic hydroxyl groups is 1. The molecule has 1 aliphatic rings. The second kappa shape index (κ2) is 8.92. The van der Waals surface area contributed by atoms with Gasteiger partial charge in [0, 0.05) is 0 Å². The van der Waals surface area contributed by atoms with Crippen molar-refractivity contribution in [1.29, 1.82) is 0 Å². The number of carbonyl (C=O) groups is 1. The first-order valence-electron chi connectivity index (χ1n) is 8.86. The minimum absolute atomic E-state index is 0.179. The number of ether oxygens (including phenoxy) is 3. The van der Waals surface area contributed by atoms with Crippen molar-refractivity contribution in [2.24, 2.45) is 0 Å². The van der Waals surface area contributed by atoms with Crippen LogP contribution in [0.4, 0.5) is 4.79 Å². The van der Waals surface area contributed by atoms with E-state index >= 15 is 0 Å². The Morgan fingerprint density at radius 2 is 1.75 bits per heavy atom. The highest BCUT2D eigenvalue weighted by atomic mass is 16.7. The van der Waals surface area contributed by atoms with E-state index in [-0.39, 0.29) is 6.10 Å². The molecule has 5 heteroatoms. The van der Waals surface area contributed by atoms with E-state index in [4.69, 9.17) is 14.2 Å². The third-order valence-electron chi connectivity index (χ3n) is 4.31. The van der Waals surface area contributed by atoms with Crippen molar-refractivity contribution in [3.8, 4) is 5.75 Å². The van der Waals surface area contributed by atoms with E-state index in [0.29, 0.717) is 38.9 Å². The van der Waals surface area contributed by atoms with Gasteiger partial charge in [-0.3, -0.25) is 0 Å². The normalized spacial score (nSPS) is 23.5. The third kappa shape index (κ3) is 5.13. The summed E-state index contributed by atoms with van der Waals surface area (Å²) >= 11 is 0. The fourth-order valence-corrected chi connectivity index (χ4v) is 2.91. The maximum absolute atomic E-state index is 11.5. The van der Waals surface area contributed by atoms with Crippen LogP contribution in [0.1, 0.15) is 57.9 Å². The molecule has 0 amide bonds. The van der Waals surface area contributed by atoms with E-state index in [9.17, 15) is 9.90 Å². The molecule has 1 aromatic rings. The van der Waals surface area contributed by atoms with Crippen molar-refractivity contribution in [1.82, 2.24) is 0 Å². The molecule has 0 heterocycles. The first kappa shape index (κ1) is 18.6. The molecule has 0 saturated heterocycles. The van der Waals surface area contributed by atoms with Gasteiger partial charge in [0.25, 0.3) is 0 Å². The van der Waals surface area contributed by atoms with Gasteiger partial charge in [0.1, 0.15) is 11.9 Å². The van der Waals surface area contributed by atoms with Gasteiger partial charge >= 0.3 is 6.16 Å². The molecule has 24 heavy (non-hydrogen) atoms. The topological polar surface area (TPSA) is 65.0 Å². The lowest BCUT2D eigenvalue weighted by Crippen LogP contribution is -2.35. The molecule has 0 aromatic heterocycles. The lowest BCUT2D eigenvalue weighted by molar-refractivity contribution is -0.0536. The van der Waals surface area contributed by atoms with Gasteiger partial charge in [0.2, 0.25) is 0 Å². The van der Waals surface area contributed by atoms with Crippen LogP contribution in [0.3, 0.4) is 0 Å². The van der Waals surface area contributed by atoms with Crippen LogP contribution in [0.2, 0.25) is 0 Å². The lowest BCUT2D eigenvalue weighted by atomic mass is 9.78. The quantitative estimate of drug-likeness (QED) is 0.757. The van der Waals surface area contributed by atoms with E-state index < -0.39 is 11.8 Å². The molecule has 1 N–H and O–H groups in total. The van der Waals surface area contributed by atoms with E-state index in [1.54, 1.807) is 0 Å². The van der Waals surface area contributed by atoms with Crippen LogP contribution in [-0.4, -0.2) is 30.6 Å². The minimum atomic E-state index is -0.865. The average molecular weight is 336 g/mol. The standard InChI is InChI=1S/C19H28O5/c1-3-13-22-16-7-5-15(6-8-16)19(21)11-9-17(10-12-19)24-18(20)23-14-4-2/h5-8,17,21H,3-4,9-14H2,1-2H3. The molecule has 1 aliphatic carbocycles. The third-order valence-corrected chi connectivity index (χ3v) is 4.31. The smallest absolute Gasteiger partial charge is 0.494 e. The summed E-state index contributed by atoms with van der Waals surface area (Å²) in [5.41, 5.74) is 0.0228. The molecule has 0 aliphatic heterocycles. The molecule has 0 spiro atoms. The Hall–Kier alpha value is -1.75. The van der Waals surface area contributed by atoms with Crippen molar-refractivity contribution in [2.75, 3.05) is 13.2 Å². The molecule has 0 atom stereocenters. The Morgan fingerprint density at radius 3 is 2.33 bits per heavy atom. The zero-order valence-electron chi connectivity index (χ0n) is 14.6. The van der Waals surface area contributed by atoms with E-state index in [0.717, 1.165) is 24.2 Å². The van der Waals surface area contributed by atoms with Crippen LogP contribution in [0.25, 0.3) is 0 Å². The predicted molar refractivity (Wildman–Crippen MR) is 91.1 cm³/mol. The summed E-state index contributed by atoms with van der Waals surface area (Å²) in [4.78, 5) is 11.5. The van der Waals surface area contributed by atoms with Gasteiger partial charge in [-0.2, -0.15) is 0 Å². The Balaban J connectivity index is 1.86. The number of rotatable bonds is 7. The first-order valence-corrected chi connectivity index (χ1v) is 8.86. The highest BCUT2D eigenvalue weighted by molar-refractivity contribution is 5.60. The average Bonchev–Trinajstić information content (AvgIpc) is 2.60. The van der Waals surface area contributed by atoms with Gasteiger partial charge in [-0.05, 0) is 56.2 Å². The molecule has 1 fully saturated rings. The SMILES string of the molecule is CCCOC(=O)OC1CCC(O)(c2ccc(OCCC)cc2)CC1. The van der Waals surface area contributed by atoms with Crippen molar-refractivity contribution >= 4 is 6.16 Å².